The first-order valence-corrected chi connectivity index (χ1v) is 9.26. The maximum Gasteiger partial charge on any atom is 0.312 e. The molecule has 0 fully saturated rings. The molecule has 5 nitrogen and oxygen atoms in total. The first kappa shape index (κ1) is 17.3. The van der Waals surface area contributed by atoms with Crippen LogP contribution in [0.1, 0.15) is 39.4 Å². The summed E-state index contributed by atoms with van der Waals surface area (Å²) in [5.41, 5.74) is 2.70. The molecule has 1 atom stereocenters. The molecule has 0 radical (unpaired) electrons. The van der Waals surface area contributed by atoms with Gasteiger partial charge in [0.2, 0.25) is 5.78 Å². The third-order valence-electron chi connectivity index (χ3n) is 5.15. The Morgan fingerprint density at radius 1 is 0.931 bits per heavy atom. The second kappa shape index (κ2) is 6.63. The van der Waals surface area contributed by atoms with E-state index in [1.165, 1.54) is 0 Å². The van der Waals surface area contributed by atoms with Crippen molar-refractivity contribution in [2.75, 3.05) is 0 Å². The second-order valence-electron chi connectivity index (χ2n) is 7.03. The quantitative estimate of drug-likeness (QED) is 0.401. The van der Waals surface area contributed by atoms with Gasteiger partial charge in [-0.15, -0.1) is 0 Å². The van der Waals surface area contributed by atoms with Gasteiger partial charge in [0.05, 0.1) is 12.0 Å². The molecule has 0 amide bonds. The lowest BCUT2D eigenvalue weighted by atomic mass is 9.84. The van der Waals surface area contributed by atoms with Gasteiger partial charge in [-0.2, -0.15) is 0 Å². The maximum absolute atomic E-state index is 12.9. The Bertz CT molecular complexity index is 1180. The van der Waals surface area contributed by atoms with E-state index in [9.17, 15) is 14.7 Å². The van der Waals surface area contributed by atoms with Crippen LogP contribution in [0.5, 0.6) is 17.2 Å². The number of carbonyl (C=O) groups excluding carboxylic acids is 2. The Kier molecular flexibility index (Phi) is 3.95. The number of phenols is 1. The molecule has 1 unspecified atom stereocenters. The van der Waals surface area contributed by atoms with Crippen molar-refractivity contribution < 1.29 is 24.2 Å². The monoisotopic (exact) mass is 384 g/mol. The number of esters is 1. The number of ether oxygens (including phenoxy) is 2. The summed E-state index contributed by atoms with van der Waals surface area (Å²) >= 11 is 0. The van der Waals surface area contributed by atoms with Crippen molar-refractivity contribution in [3.05, 3.63) is 94.7 Å². The number of Topliss-reactive ketones (excluding diaryl/α,β-unsaturated/α-hetero) is 1. The fourth-order valence-electron chi connectivity index (χ4n) is 3.83. The lowest BCUT2D eigenvalue weighted by Crippen LogP contribution is -2.21. The normalized spacial score (nSPS) is 18.8. The Morgan fingerprint density at radius 3 is 2.55 bits per heavy atom. The summed E-state index contributed by atoms with van der Waals surface area (Å²) in [5.74, 6) is 0.173. The molecule has 0 saturated carbocycles. The highest BCUT2D eigenvalue weighted by Gasteiger charge is 2.38. The molecule has 5 heteroatoms. The molecule has 0 spiro atoms. The molecular weight excluding hydrogens is 368 g/mol. The van der Waals surface area contributed by atoms with Crippen molar-refractivity contribution in [1.82, 2.24) is 0 Å². The minimum absolute atomic E-state index is 0.0994. The number of ketones is 1. The van der Waals surface area contributed by atoms with E-state index in [0.29, 0.717) is 22.6 Å². The number of hydrogen-bond acceptors (Lipinski definition) is 5. The molecule has 0 bridgehead atoms. The summed E-state index contributed by atoms with van der Waals surface area (Å²) in [4.78, 5) is 25.1. The van der Waals surface area contributed by atoms with E-state index in [1.807, 2.05) is 36.4 Å². The zero-order valence-corrected chi connectivity index (χ0v) is 15.3. The molecule has 1 N–H and O–H groups in total. The molecule has 142 valence electrons. The van der Waals surface area contributed by atoms with Crippen molar-refractivity contribution >= 4 is 17.8 Å². The number of aromatic hydroxyl groups is 1. The van der Waals surface area contributed by atoms with E-state index >= 15 is 0 Å². The van der Waals surface area contributed by atoms with Gasteiger partial charge in [-0.25, -0.2) is 0 Å². The number of fused-ring (bicyclic) bond motifs is 3. The molecule has 3 aromatic rings. The third-order valence-corrected chi connectivity index (χ3v) is 5.15. The van der Waals surface area contributed by atoms with Crippen molar-refractivity contribution in [3.63, 3.8) is 0 Å². The summed E-state index contributed by atoms with van der Waals surface area (Å²) in [7, 11) is 0. The average Bonchev–Trinajstić information content (AvgIpc) is 3.03. The Labute approximate surface area is 166 Å². The van der Waals surface area contributed by atoms with Crippen LogP contribution in [-0.2, 0) is 4.79 Å². The Balaban J connectivity index is 1.64. The lowest BCUT2D eigenvalue weighted by Gasteiger charge is -2.26. The van der Waals surface area contributed by atoms with Gasteiger partial charge in [-0.3, -0.25) is 9.59 Å². The molecule has 0 aromatic heterocycles. The number of phenolic OH excluding ortho intramolecular Hbond substituents is 1. The lowest BCUT2D eigenvalue weighted by molar-refractivity contribution is -0.135. The van der Waals surface area contributed by atoms with E-state index in [1.54, 1.807) is 36.4 Å². The van der Waals surface area contributed by atoms with Gasteiger partial charge in [0.15, 0.2) is 5.76 Å². The summed E-state index contributed by atoms with van der Waals surface area (Å²) in [6, 6.07) is 19.5. The largest absolute Gasteiger partial charge is 0.508 e. The highest BCUT2D eigenvalue weighted by atomic mass is 16.5. The summed E-state index contributed by atoms with van der Waals surface area (Å²) in [5, 5.41) is 9.89. The fraction of sp³-hybridized carbons (Fsp3) is 0.0833. The molecule has 3 aromatic carbocycles. The topological polar surface area (TPSA) is 72.8 Å². The molecule has 5 rings (SSSR count). The van der Waals surface area contributed by atoms with Crippen LogP contribution in [0.2, 0.25) is 0 Å². The van der Waals surface area contributed by atoms with E-state index < -0.39 is 0 Å². The van der Waals surface area contributed by atoms with E-state index in [0.717, 1.165) is 11.1 Å². The van der Waals surface area contributed by atoms with Gasteiger partial charge in [0, 0.05) is 11.5 Å². The van der Waals surface area contributed by atoms with Gasteiger partial charge in [-0.1, -0.05) is 42.5 Å². The van der Waals surface area contributed by atoms with Crippen LogP contribution in [-0.4, -0.2) is 16.9 Å². The van der Waals surface area contributed by atoms with Crippen LogP contribution in [0, 0.1) is 0 Å². The number of carbonyl (C=O) groups is 2. The first-order chi connectivity index (χ1) is 14.1. The number of allylic oxidation sites excluding steroid dienone is 1. The van der Waals surface area contributed by atoms with Gasteiger partial charge in [-0.05, 0) is 41.5 Å². The van der Waals surface area contributed by atoms with E-state index in [4.69, 9.17) is 9.47 Å². The highest BCUT2D eigenvalue weighted by molar-refractivity contribution is 6.15. The molecule has 2 aliphatic heterocycles. The number of rotatable bonds is 2. The van der Waals surface area contributed by atoms with E-state index in [-0.39, 0.29) is 35.6 Å². The molecule has 0 aliphatic carbocycles. The van der Waals surface area contributed by atoms with Crippen LogP contribution in [0.25, 0.3) is 6.08 Å². The average molecular weight is 384 g/mol. The van der Waals surface area contributed by atoms with Crippen molar-refractivity contribution in [1.29, 1.82) is 0 Å². The molecule has 0 saturated heterocycles. The first-order valence-electron chi connectivity index (χ1n) is 9.26. The fourth-order valence-corrected chi connectivity index (χ4v) is 3.83. The molecular formula is C24H16O5. The Morgan fingerprint density at radius 2 is 1.76 bits per heavy atom. The summed E-state index contributed by atoms with van der Waals surface area (Å²) in [6.45, 7) is 0. The minimum atomic E-state index is -0.378. The van der Waals surface area contributed by atoms with Gasteiger partial charge in [0.1, 0.15) is 17.2 Å². The van der Waals surface area contributed by atoms with Gasteiger partial charge in [0.25, 0.3) is 0 Å². The highest BCUT2D eigenvalue weighted by Crippen LogP contribution is 2.49. The van der Waals surface area contributed by atoms with Crippen LogP contribution in [0.4, 0.5) is 0 Å². The van der Waals surface area contributed by atoms with Crippen LogP contribution in [0.3, 0.4) is 0 Å². The second-order valence-corrected chi connectivity index (χ2v) is 7.03. The van der Waals surface area contributed by atoms with E-state index in [2.05, 4.69) is 0 Å². The van der Waals surface area contributed by atoms with Crippen LogP contribution < -0.4 is 9.47 Å². The predicted molar refractivity (Wildman–Crippen MR) is 106 cm³/mol. The third kappa shape index (κ3) is 2.97. The van der Waals surface area contributed by atoms with Crippen LogP contribution in [0.15, 0.2) is 72.5 Å². The minimum Gasteiger partial charge on any atom is -0.508 e. The van der Waals surface area contributed by atoms with Crippen molar-refractivity contribution in [3.8, 4) is 17.2 Å². The maximum atomic E-state index is 12.9. The summed E-state index contributed by atoms with van der Waals surface area (Å²) < 4.78 is 11.4. The molecule has 2 heterocycles. The SMILES string of the molecule is O=C1CC(c2cccc(O)c2)c2c(ccc3c2OC(=Cc2ccccc2)C3=O)O1. The smallest absolute Gasteiger partial charge is 0.312 e. The van der Waals surface area contributed by atoms with Crippen LogP contribution >= 0.6 is 0 Å². The number of hydrogen-bond donors (Lipinski definition) is 1. The number of benzene rings is 3. The summed E-state index contributed by atoms with van der Waals surface area (Å²) in [6.07, 6.45) is 1.80. The standard InChI is InChI=1S/C24H16O5/c25-16-8-4-7-15(12-16)18-13-21(26)28-19-10-9-17-23(27)20(29-24(17)22(18)19)11-14-5-2-1-3-6-14/h1-12,18,25H,13H2. The van der Waals surface area contributed by atoms with Crippen molar-refractivity contribution in [2.24, 2.45) is 0 Å². The Hall–Kier alpha value is -3.86. The van der Waals surface area contributed by atoms with Crippen molar-refractivity contribution in [2.45, 2.75) is 12.3 Å². The zero-order chi connectivity index (χ0) is 20.0. The zero-order valence-electron chi connectivity index (χ0n) is 15.3. The van der Waals surface area contributed by atoms with Gasteiger partial charge >= 0.3 is 5.97 Å². The molecule has 2 aliphatic rings. The predicted octanol–water partition coefficient (Wildman–Crippen LogP) is 4.45. The molecule has 29 heavy (non-hydrogen) atoms. The van der Waals surface area contributed by atoms with Gasteiger partial charge < -0.3 is 14.6 Å².